The molecule has 3 rings (SSSR count). The lowest BCUT2D eigenvalue weighted by atomic mass is 9.88. The number of nitrogens with zero attached hydrogens (tertiary/aromatic N) is 1. The number of ether oxygens (including phenoxy) is 2. The van der Waals surface area contributed by atoms with E-state index in [1.165, 1.54) is 12.1 Å². The van der Waals surface area contributed by atoms with Gasteiger partial charge in [0.25, 0.3) is 0 Å². The fraction of sp³-hybridized carbons (Fsp3) is 0.333. The zero-order valence-corrected chi connectivity index (χ0v) is 14.1. The van der Waals surface area contributed by atoms with Crippen LogP contribution in [0.2, 0.25) is 0 Å². The van der Waals surface area contributed by atoms with Crippen LogP contribution in [0.5, 0.6) is 5.88 Å². The van der Waals surface area contributed by atoms with Crippen LogP contribution in [0.15, 0.2) is 24.3 Å². The lowest BCUT2D eigenvalue weighted by Crippen LogP contribution is -2.36. The number of carboxylic acids is 1. The van der Waals surface area contributed by atoms with Crippen LogP contribution in [0.1, 0.15) is 23.0 Å². The van der Waals surface area contributed by atoms with Crippen LogP contribution in [0.25, 0.3) is 11.1 Å². The van der Waals surface area contributed by atoms with Crippen LogP contribution in [-0.4, -0.2) is 35.4 Å². The van der Waals surface area contributed by atoms with Gasteiger partial charge in [-0.2, -0.15) is 8.78 Å². The lowest BCUT2D eigenvalue weighted by Gasteiger charge is -2.32. The number of halogens is 4. The van der Waals surface area contributed by atoms with E-state index in [4.69, 9.17) is 4.74 Å². The van der Waals surface area contributed by atoms with Crippen molar-refractivity contribution in [2.75, 3.05) is 6.61 Å². The van der Waals surface area contributed by atoms with Gasteiger partial charge in [-0.25, -0.2) is 18.6 Å². The summed E-state index contributed by atoms with van der Waals surface area (Å²) in [4.78, 5) is 15.3. The second kappa shape index (κ2) is 7.51. The highest BCUT2D eigenvalue weighted by Gasteiger charge is 2.32. The molecule has 144 valence electrons. The average molecular weight is 385 g/mol. The predicted molar refractivity (Wildman–Crippen MR) is 85.8 cm³/mol. The molecule has 27 heavy (non-hydrogen) atoms. The van der Waals surface area contributed by atoms with Gasteiger partial charge in [-0.1, -0.05) is 6.92 Å². The molecule has 0 aliphatic carbocycles. The molecular weight excluding hydrogens is 370 g/mol. The monoisotopic (exact) mass is 385 g/mol. The Kier molecular flexibility index (Phi) is 5.31. The van der Waals surface area contributed by atoms with E-state index in [-0.39, 0.29) is 29.3 Å². The molecule has 0 spiro atoms. The van der Waals surface area contributed by atoms with E-state index in [2.05, 4.69) is 9.72 Å². The van der Waals surface area contributed by atoms with Gasteiger partial charge in [-0.15, -0.1) is 0 Å². The largest absolute Gasteiger partial charge is 0.477 e. The predicted octanol–water partition coefficient (Wildman–Crippen LogP) is 3.90. The van der Waals surface area contributed by atoms with Gasteiger partial charge >= 0.3 is 12.6 Å². The van der Waals surface area contributed by atoms with Crippen LogP contribution in [0, 0.1) is 17.6 Å². The normalized spacial score (nSPS) is 18.9. The molecule has 5 nitrogen and oxygen atoms in total. The Bertz CT molecular complexity index is 875. The van der Waals surface area contributed by atoms with Crippen molar-refractivity contribution in [3.8, 4) is 17.0 Å². The zero-order valence-electron chi connectivity index (χ0n) is 14.1. The topological polar surface area (TPSA) is 68.7 Å². The smallest absolute Gasteiger partial charge is 0.354 e. The van der Waals surface area contributed by atoms with Gasteiger partial charge in [0.15, 0.2) is 5.69 Å². The van der Waals surface area contributed by atoms with Gasteiger partial charge in [-0.05, 0) is 36.1 Å². The highest BCUT2D eigenvalue weighted by Crippen LogP contribution is 2.38. The molecule has 0 bridgehead atoms. The van der Waals surface area contributed by atoms with Crippen molar-refractivity contribution in [1.82, 2.24) is 4.98 Å². The molecule has 2 aromatic rings. The maximum atomic E-state index is 14.3. The third kappa shape index (κ3) is 4.02. The quantitative estimate of drug-likeness (QED) is 0.791. The number of aromatic carboxylic acids is 1. The van der Waals surface area contributed by atoms with Gasteiger partial charge in [0, 0.05) is 17.2 Å². The van der Waals surface area contributed by atoms with Crippen LogP contribution in [0.4, 0.5) is 17.6 Å². The van der Waals surface area contributed by atoms with Crippen molar-refractivity contribution in [1.29, 1.82) is 0 Å². The van der Waals surface area contributed by atoms with E-state index < -0.39 is 42.6 Å². The van der Waals surface area contributed by atoms with Gasteiger partial charge in [0.1, 0.15) is 17.7 Å². The molecule has 9 heteroatoms. The van der Waals surface area contributed by atoms with Crippen molar-refractivity contribution in [3.05, 3.63) is 47.2 Å². The van der Waals surface area contributed by atoms with Crippen molar-refractivity contribution in [2.45, 2.75) is 26.1 Å². The second-order valence-electron chi connectivity index (χ2n) is 6.20. The third-order valence-electron chi connectivity index (χ3n) is 4.34. The molecule has 2 unspecified atom stereocenters. The molecule has 1 aromatic carbocycles. The molecule has 0 amide bonds. The van der Waals surface area contributed by atoms with Gasteiger partial charge in [0.2, 0.25) is 5.88 Å². The first kappa shape index (κ1) is 19.1. The standard InChI is InChI=1S/C18H15F4NO4/c1-8-4-12-11(10-3-2-9(19)5-13(10)20)6-14(17(24)25)23-16(12)27-15(8)7-26-18(21)22/h2-3,5-6,8,15,18H,4,7H2,1H3,(H,24,25). The van der Waals surface area contributed by atoms with E-state index in [0.29, 0.717) is 11.6 Å². The molecular formula is C18H15F4NO4. The molecule has 1 aliphatic rings. The number of fused-ring (bicyclic) bond motifs is 1. The van der Waals surface area contributed by atoms with E-state index in [1.807, 2.05) is 0 Å². The molecule has 2 atom stereocenters. The maximum Gasteiger partial charge on any atom is 0.354 e. The summed E-state index contributed by atoms with van der Waals surface area (Å²) in [5, 5.41) is 9.27. The molecule has 0 saturated carbocycles. The Morgan fingerprint density at radius 2 is 2.07 bits per heavy atom. The Labute approximate surface area is 151 Å². The average Bonchev–Trinajstić information content (AvgIpc) is 2.59. The van der Waals surface area contributed by atoms with Crippen molar-refractivity contribution >= 4 is 5.97 Å². The number of carboxylic acid groups (broad SMARTS) is 1. The number of hydrogen-bond acceptors (Lipinski definition) is 4. The summed E-state index contributed by atoms with van der Waals surface area (Å²) in [5.74, 6) is -3.38. The first-order valence-electron chi connectivity index (χ1n) is 8.05. The number of pyridine rings is 1. The minimum Gasteiger partial charge on any atom is -0.477 e. The number of alkyl halides is 2. The molecule has 2 heterocycles. The Hall–Kier alpha value is -2.68. The molecule has 0 radical (unpaired) electrons. The minimum atomic E-state index is -2.97. The van der Waals surface area contributed by atoms with E-state index in [1.54, 1.807) is 6.92 Å². The molecule has 1 aromatic heterocycles. The molecule has 0 fully saturated rings. The second-order valence-corrected chi connectivity index (χ2v) is 6.20. The van der Waals surface area contributed by atoms with Gasteiger partial charge < -0.3 is 14.6 Å². The fourth-order valence-corrected chi connectivity index (χ4v) is 2.98. The summed E-state index contributed by atoms with van der Waals surface area (Å²) < 4.78 is 62.0. The molecule has 1 N–H and O–H groups in total. The van der Waals surface area contributed by atoms with Crippen LogP contribution < -0.4 is 4.74 Å². The van der Waals surface area contributed by atoms with Crippen LogP contribution in [-0.2, 0) is 11.2 Å². The van der Waals surface area contributed by atoms with E-state index in [0.717, 1.165) is 6.07 Å². The number of carbonyl (C=O) groups is 1. The Balaban J connectivity index is 2.07. The lowest BCUT2D eigenvalue weighted by molar-refractivity contribution is -0.150. The SMILES string of the molecule is CC1Cc2c(-c3ccc(F)cc3F)cc(C(=O)O)nc2OC1COC(F)F. The summed E-state index contributed by atoms with van der Waals surface area (Å²) in [6.07, 6.45) is -0.500. The van der Waals surface area contributed by atoms with Crippen molar-refractivity contribution in [2.24, 2.45) is 5.92 Å². The number of hydrogen-bond donors (Lipinski definition) is 1. The summed E-state index contributed by atoms with van der Waals surface area (Å²) >= 11 is 0. The zero-order chi connectivity index (χ0) is 19.7. The highest BCUT2D eigenvalue weighted by atomic mass is 19.3. The first-order chi connectivity index (χ1) is 12.8. The molecule has 1 aliphatic heterocycles. The summed E-state index contributed by atoms with van der Waals surface area (Å²) in [6, 6.07) is 4.12. The maximum absolute atomic E-state index is 14.3. The number of benzene rings is 1. The van der Waals surface area contributed by atoms with Gasteiger partial charge in [-0.3, -0.25) is 0 Å². The Morgan fingerprint density at radius 3 is 2.70 bits per heavy atom. The van der Waals surface area contributed by atoms with Crippen LogP contribution in [0.3, 0.4) is 0 Å². The highest BCUT2D eigenvalue weighted by molar-refractivity contribution is 5.88. The summed E-state index contributed by atoms with van der Waals surface area (Å²) in [5.41, 5.74) is 0.215. The number of aromatic nitrogens is 1. The van der Waals surface area contributed by atoms with E-state index in [9.17, 15) is 27.5 Å². The van der Waals surface area contributed by atoms with E-state index >= 15 is 0 Å². The first-order valence-corrected chi connectivity index (χ1v) is 8.05. The van der Waals surface area contributed by atoms with Crippen molar-refractivity contribution in [3.63, 3.8) is 0 Å². The van der Waals surface area contributed by atoms with Gasteiger partial charge in [0.05, 0.1) is 6.61 Å². The van der Waals surface area contributed by atoms with Crippen molar-refractivity contribution < 1.29 is 36.9 Å². The third-order valence-corrected chi connectivity index (χ3v) is 4.34. The Morgan fingerprint density at radius 1 is 1.33 bits per heavy atom. The molecule has 0 saturated heterocycles. The van der Waals surface area contributed by atoms with Crippen LogP contribution >= 0.6 is 0 Å². The number of rotatable bonds is 5. The minimum absolute atomic E-state index is 0.00405. The fourth-order valence-electron chi connectivity index (χ4n) is 2.98. The summed E-state index contributed by atoms with van der Waals surface area (Å²) in [7, 11) is 0. The summed E-state index contributed by atoms with van der Waals surface area (Å²) in [6.45, 7) is -1.64.